The predicted molar refractivity (Wildman–Crippen MR) is 128 cm³/mol. The van der Waals surface area contributed by atoms with Gasteiger partial charge in [0.2, 0.25) is 21.8 Å². The zero-order valence-electron chi connectivity index (χ0n) is 19.6. The lowest BCUT2D eigenvalue weighted by molar-refractivity contribution is -0.140. The SMILES string of the molecule is CCCCNC(=O)[C@H](CC)N(Cc1ccc(F)cc1)C(=O)CN(c1ccccc1F)S(C)(=O)=O. The minimum absolute atomic E-state index is 0.0479. The Morgan fingerprint density at radius 3 is 2.24 bits per heavy atom. The first-order valence-electron chi connectivity index (χ1n) is 11.1. The highest BCUT2D eigenvalue weighted by atomic mass is 32.2. The molecule has 1 atom stereocenters. The summed E-state index contributed by atoms with van der Waals surface area (Å²) in [6, 6.07) is 9.81. The number of anilines is 1. The molecule has 0 aromatic heterocycles. The molecule has 0 fully saturated rings. The van der Waals surface area contributed by atoms with Gasteiger partial charge in [-0.25, -0.2) is 17.2 Å². The third-order valence-electron chi connectivity index (χ3n) is 5.28. The third-order valence-corrected chi connectivity index (χ3v) is 6.41. The lowest BCUT2D eigenvalue weighted by Gasteiger charge is -2.33. The number of nitrogens with one attached hydrogen (secondary N) is 1. The van der Waals surface area contributed by atoms with Crippen molar-refractivity contribution >= 4 is 27.5 Å². The van der Waals surface area contributed by atoms with Crippen LogP contribution in [0.1, 0.15) is 38.7 Å². The molecule has 2 amide bonds. The van der Waals surface area contributed by atoms with E-state index in [-0.39, 0.29) is 24.6 Å². The Hall–Kier alpha value is -3.01. The lowest BCUT2D eigenvalue weighted by atomic mass is 10.1. The summed E-state index contributed by atoms with van der Waals surface area (Å²) in [5, 5.41) is 2.80. The summed E-state index contributed by atoms with van der Waals surface area (Å²) in [6.07, 6.45) is 2.79. The van der Waals surface area contributed by atoms with Crippen molar-refractivity contribution in [3.63, 3.8) is 0 Å². The number of unbranched alkanes of at least 4 members (excludes halogenated alkanes) is 1. The molecule has 0 radical (unpaired) electrons. The summed E-state index contributed by atoms with van der Waals surface area (Å²) in [4.78, 5) is 27.6. The number of benzene rings is 2. The van der Waals surface area contributed by atoms with Gasteiger partial charge in [-0.05, 0) is 42.7 Å². The van der Waals surface area contributed by atoms with Crippen molar-refractivity contribution in [2.24, 2.45) is 0 Å². The van der Waals surface area contributed by atoms with E-state index in [0.717, 1.165) is 25.2 Å². The van der Waals surface area contributed by atoms with Crippen molar-refractivity contribution in [1.82, 2.24) is 10.2 Å². The van der Waals surface area contributed by atoms with Crippen LogP contribution in [0.5, 0.6) is 0 Å². The summed E-state index contributed by atoms with van der Waals surface area (Å²) in [6.45, 7) is 3.42. The summed E-state index contributed by atoms with van der Waals surface area (Å²) < 4.78 is 53.4. The Morgan fingerprint density at radius 1 is 1.03 bits per heavy atom. The summed E-state index contributed by atoms with van der Waals surface area (Å²) in [7, 11) is -4.02. The van der Waals surface area contributed by atoms with E-state index in [2.05, 4.69) is 5.32 Å². The zero-order valence-corrected chi connectivity index (χ0v) is 20.4. The summed E-state index contributed by atoms with van der Waals surface area (Å²) >= 11 is 0. The van der Waals surface area contributed by atoms with Crippen LogP contribution in [0, 0.1) is 11.6 Å². The molecule has 0 saturated heterocycles. The van der Waals surface area contributed by atoms with Gasteiger partial charge in [-0.2, -0.15) is 0 Å². The van der Waals surface area contributed by atoms with E-state index in [0.29, 0.717) is 16.4 Å². The van der Waals surface area contributed by atoms with Crippen LogP contribution in [0.25, 0.3) is 0 Å². The lowest BCUT2D eigenvalue weighted by Crippen LogP contribution is -2.52. The van der Waals surface area contributed by atoms with Crippen LogP contribution in [0.2, 0.25) is 0 Å². The van der Waals surface area contributed by atoms with Crippen molar-refractivity contribution in [1.29, 1.82) is 0 Å². The molecule has 7 nitrogen and oxygen atoms in total. The molecule has 10 heteroatoms. The number of hydrogen-bond donors (Lipinski definition) is 1. The van der Waals surface area contributed by atoms with Gasteiger partial charge in [0.25, 0.3) is 0 Å². The Bertz CT molecular complexity index is 1080. The molecule has 2 aromatic carbocycles. The predicted octanol–water partition coefficient (Wildman–Crippen LogP) is 3.45. The minimum Gasteiger partial charge on any atom is -0.354 e. The highest BCUT2D eigenvalue weighted by molar-refractivity contribution is 7.92. The van der Waals surface area contributed by atoms with E-state index in [4.69, 9.17) is 0 Å². The second kappa shape index (κ2) is 12.5. The van der Waals surface area contributed by atoms with Gasteiger partial charge in [0.1, 0.15) is 24.2 Å². The molecule has 0 unspecified atom stereocenters. The monoisotopic (exact) mass is 495 g/mol. The van der Waals surface area contributed by atoms with Crippen LogP contribution in [0.15, 0.2) is 48.5 Å². The maximum absolute atomic E-state index is 14.4. The second-order valence-electron chi connectivity index (χ2n) is 7.94. The molecule has 0 aliphatic carbocycles. The molecular formula is C24H31F2N3O4S. The standard InChI is InChI=1S/C24H31F2N3O4S/c1-4-6-15-27-24(31)21(5-2)28(16-18-11-13-19(25)14-12-18)23(30)17-29(34(3,32)33)22-10-8-7-9-20(22)26/h7-14,21H,4-6,15-17H2,1-3H3,(H,27,31)/t21-/m0/s1. The van der Waals surface area contributed by atoms with E-state index in [9.17, 15) is 26.8 Å². The topological polar surface area (TPSA) is 86.8 Å². The molecule has 0 bridgehead atoms. The normalized spacial score (nSPS) is 12.1. The van der Waals surface area contributed by atoms with E-state index >= 15 is 0 Å². The number of halogens is 2. The van der Waals surface area contributed by atoms with Gasteiger partial charge in [-0.1, -0.05) is 44.5 Å². The van der Waals surface area contributed by atoms with E-state index < -0.39 is 40.2 Å². The zero-order chi connectivity index (χ0) is 25.3. The molecule has 2 rings (SSSR count). The minimum atomic E-state index is -4.02. The Kier molecular flexibility index (Phi) is 9.97. The van der Waals surface area contributed by atoms with Gasteiger partial charge in [0.05, 0.1) is 11.9 Å². The molecule has 0 aliphatic heterocycles. The molecule has 0 saturated carbocycles. The van der Waals surface area contributed by atoms with Gasteiger partial charge >= 0.3 is 0 Å². The number of sulfonamides is 1. The van der Waals surface area contributed by atoms with Gasteiger partial charge in [-0.15, -0.1) is 0 Å². The number of amides is 2. The van der Waals surface area contributed by atoms with Gasteiger partial charge < -0.3 is 10.2 Å². The maximum atomic E-state index is 14.4. The van der Waals surface area contributed by atoms with E-state index in [1.807, 2.05) is 6.92 Å². The van der Waals surface area contributed by atoms with Crippen molar-refractivity contribution < 1.29 is 26.8 Å². The quantitative estimate of drug-likeness (QED) is 0.457. The molecule has 2 aromatic rings. The van der Waals surface area contributed by atoms with Crippen LogP contribution in [-0.4, -0.2) is 50.5 Å². The molecule has 1 N–H and O–H groups in total. The summed E-state index contributed by atoms with van der Waals surface area (Å²) in [5.74, 6) is -2.30. The van der Waals surface area contributed by atoms with Crippen LogP contribution in [0.3, 0.4) is 0 Å². The van der Waals surface area contributed by atoms with E-state index in [1.54, 1.807) is 6.92 Å². The summed E-state index contributed by atoms with van der Waals surface area (Å²) in [5.41, 5.74) is 0.298. The number of carbonyl (C=O) groups is 2. The second-order valence-corrected chi connectivity index (χ2v) is 9.84. The van der Waals surface area contributed by atoms with Crippen molar-refractivity contribution in [2.75, 3.05) is 23.7 Å². The Morgan fingerprint density at radius 2 is 1.68 bits per heavy atom. The van der Waals surface area contributed by atoms with Crippen molar-refractivity contribution in [3.8, 4) is 0 Å². The largest absolute Gasteiger partial charge is 0.354 e. The van der Waals surface area contributed by atoms with Gasteiger partial charge in [-0.3, -0.25) is 13.9 Å². The number of hydrogen-bond acceptors (Lipinski definition) is 4. The molecular weight excluding hydrogens is 464 g/mol. The van der Waals surface area contributed by atoms with Crippen LogP contribution < -0.4 is 9.62 Å². The Labute approximate surface area is 199 Å². The highest BCUT2D eigenvalue weighted by Gasteiger charge is 2.32. The molecule has 0 spiro atoms. The number of para-hydroxylation sites is 1. The fourth-order valence-electron chi connectivity index (χ4n) is 3.46. The third kappa shape index (κ3) is 7.51. The Balaban J connectivity index is 2.40. The van der Waals surface area contributed by atoms with Crippen LogP contribution in [0.4, 0.5) is 14.5 Å². The van der Waals surface area contributed by atoms with Crippen LogP contribution in [-0.2, 0) is 26.2 Å². The fourth-order valence-corrected chi connectivity index (χ4v) is 4.31. The first kappa shape index (κ1) is 27.2. The van der Waals surface area contributed by atoms with Crippen LogP contribution >= 0.6 is 0 Å². The van der Waals surface area contributed by atoms with Crippen molar-refractivity contribution in [2.45, 2.75) is 45.7 Å². The average molecular weight is 496 g/mol. The van der Waals surface area contributed by atoms with Gasteiger partial charge in [0.15, 0.2) is 0 Å². The molecule has 0 heterocycles. The highest BCUT2D eigenvalue weighted by Crippen LogP contribution is 2.22. The fraction of sp³-hybridized carbons (Fsp3) is 0.417. The number of nitrogens with zero attached hydrogens (tertiary/aromatic N) is 2. The first-order chi connectivity index (χ1) is 16.1. The molecule has 0 aliphatic rings. The van der Waals surface area contributed by atoms with Crippen molar-refractivity contribution in [3.05, 3.63) is 65.7 Å². The molecule has 186 valence electrons. The molecule has 34 heavy (non-hydrogen) atoms. The van der Waals surface area contributed by atoms with E-state index in [1.165, 1.54) is 47.4 Å². The smallest absolute Gasteiger partial charge is 0.244 e. The average Bonchev–Trinajstić information content (AvgIpc) is 2.78. The maximum Gasteiger partial charge on any atom is 0.244 e. The number of rotatable bonds is 12. The van der Waals surface area contributed by atoms with Gasteiger partial charge in [0, 0.05) is 13.1 Å². The first-order valence-corrected chi connectivity index (χ1v) is 13.0. The number of carbonyl (C=O) groups excluding carboxylic acids is 2.